The Morgan fingerprint density at radius 1 is 1.12 bits per heavy atom. The van der Waals surface area contributed by atoms with Crippen molar-refractivity contribution in [1.82, 2.24) is 20.2 Å². The molecule has 1 aliphatic rings. The summed E-state index contributed by atoms with van der Waals surface area (Å²) in [5.41, 5.74) is 6.35. The van der Waals surface area contributed by atoms with Crippen LogP contribution in [-0.4, -0.2) is 32.1 Å². The lowest BCUT2D eigenvalue weighted by Gasteiger charge is -2.25. The van der Waals surface area contributed by atoms with Gasteiger partial charge in [0, 0.05) is 22.2 Å². The van der Waals surface area contributed by atoms with E-state index in [2.05, 4.69) is 56.5 Å². The summed E-state index contributed by atoms with van der Waals surface area (Å²) >= 11 is 7.61. The number of carbonyl (C=O) groups is 1. The predicted octanol–water partition coefficient (Wildman–Crippen LogP) is 6.04. The first kappa shape index (κ1) is 23.5. The molecule has 0 spiro atoms. The maximum absolute atomic E-state index is 12.5. The fourth-order valence-corrected chi connectivity index (χ4v) is 5.14. The van der Waals surface area contributed by atoms with Crippen molar-refractivity contribution >= 4 is 35.0 Å². The van der Waals surface area contributed by atoms with Crippen LogP contribution in [0.4, 0.5) is 0 Å². The van der Waals surface area contributed by atoms with Gasteiger partial charge in [0.25, 0.3) is 5.91 Å². The van der Waals surface area contributed by atoms with Gasteiger partial charge in [0.2, 0.25) is 0 Å². The zero-order valence-electron chi connectivity index (χ0n) is 18.9. The van der Waals surface area contributed by atoms with E-state index in [0.717, 1.165) is 34.9 Å². The standard InChI is InChI=1S/C25H28ClN5OS/c1-17-12-14-19(15-13-17)24-29-30-25(31(24)20-8-4-3-5-9-20)33-16-23(32)28-27-18(2)21-10-6-7-11-22(21)26/h6-7,10-15,20H,3-5,8-9,16H2,1-2H3,(H,28,32). The molecule has 4 rings (SSSR count). The average molecular weight is 482 g/mol. The van der Waals surface area contributed by atoms with Crippen molar-refractivity contribution in [3.05, 3.63) is 64.7 Å². The molecule has 1 aromatic heterocycles. The first-order valence-electron chi connectivity index (χ1n) is 11.3. The number of nitrogens with one attached hydrogen (secondary N) is 1. The van der Waals surface area contributed by atoms with Crippen LogP contribution in [0.5, 0.6) is 0 Å². The molecule has 1 fully saturated rings. The normalized spacial score (nSPS) is 14.9. The lowest BCUT2D eigenvalue weighted by Crippen LogP contribution is -2.22. The molecule has 8 heteroatoms. The fraction of sp³-hybridized carbons (Fsp3) is 0.360. The molecule has 0 saturated heterocycles. The highest BCUT2D eigenvalue weighted by molar-refractivity contribution is 7.99. The van der Waals surface area contributed by atoms with E-state index in [0.29, 0.717) is 16.8 Å². The van der Waals surface area contributed by atoms with Gasteiger partial charge in [-0.1, -0.05) is 90.7 Å². The van der Waals surface area contributed by atoms with E-state index in [-0.39, 0.29) is 11.7 Å². The molecule has 1 saturated carbocycles. The van der Waals surface area contributed by atoms with Gasteiger partial charge in [0.15, 0.2) is 11.0 Å². The molecular formula is C25H28ClN5OS. The minimum atomic E-state index is -0.193. The number of hydrogen-bond acceptors (Lipinski definition) is 5. The topological polar surface area (TPSA) is 72.2 Å². The minimum Gasteiger partial charge on any atom is -0.299 e. The van der Waals surface area contributed by atoms with Gasteiger partial charge < -0.3 is 0 Å². The number of rotatable bonds is 7. The third-order valence-corrected chi connectivity index (χ3v) is 7.13. The fourth-order valence-electron chi connectivity index (χ4n) is 4.07. The van der Waals surface area contributed by atoms with Crippen molar-refractivity contribution in [2.75, 3.05) is 5.75 Å². The van der Waals surface area contributed by atoms with E-state index < -0.39 is 0 Å². The Morgan fingerprint density at radius 2 is 1.85 bits per heavy atom. The molecule has 1 N–H and O–H groups in total. The van der Waals surface area contributed by atoms with Crippen molar-refractivity contribution in [3.63, 3.8) is 0 Å². The van der Waals surface area contributed by atoms with Gasteiger partial charge in [0.1, 0.15) is 0 Å². The van der Waals surface area contributed by atoms with Crippen molar-refractivity contribution in [1.29, 1.82) is 0 Å². The third-order valence-electron chi connectivity index (χ3n) is 5.86. The van der Waals surface area contributed by atoms with Crippen LogP contribution in [0.2, 0.25) is 5.02 Å². The highest BCUT2D eigenvalue weighted by Gasteiger charge is 2.24. The number of aryl methyl sites for hydroxylation is 1. The van der Waals surface area contributed by atoms with E-state index >= 15 is 0 Å². The van der Waals surface area contributed by atoms with E-state index in [1.54, 1.807) is 6.07 Å². The molecule has 0 atom stereocenters. The summed E-state index contributed by atoms with van der Waals surface area (Å²) in [5, 5.41) is 14.6. The summed E-state index contributed by atoms with van der Waals surface area (Å²) in [6.45, 7) is 3.90. The number of aromatic nitrogens is 3. The number of thioether (sulfide) groups is 1. The summed E-state index contributed by atoms with van der Waals surface area (Å²) in [6.07, 6.45) is 5.90. The lowest BCUT2D eigenvalue weighted by atomic mass is 9.95. The molecular weight excluding hydrogens is 454 g/mol. The van der Waals surface area contributed by atoms with Crippen LogP contribution in [0.3, 0.4) is 0 Å². The SMILES string of the molecule is CC(=NNC(=O)CSc1nnc(-c2ccc(C)cc2)n1C1CCCCC1)c1ccccc1Cl. The predicted molar refractivity (Wildman–Crippen MR) is 135 cm³/mol. The second kappa shape index (κ2) is 11.0. The van der Waals surface area contributed by atoms with Gasteiger partial charge in [-0.2, -0.15) is 5.10 Å². The van der Waals surface area contributed by atoms with Gasteiger partial charge in [-0.05, 0) is 32.8 Å². The maximum Gasteiger partial charge on any atom is 0.250 e. The van der Waals surface area contributed by atoms with Gasteiger partial charge in [-0.15, -0.1) is 10.2 Å². The number of carbonyl (C=O) groups excluding carboxylic acids is 1. The number of nitrogens with zero attached hydrogens (tertiary/aromatic N) is 4. The summed E-state index contributed by atoms with van der Waals surface area (Å²) in [5.74, 6) is 0.886. The molecule has 0 unspecified atom stereocenters. The highest BCUT2D eigenvalue weighted by Crippen LogP contribution is 2.35. The zero-order valence-corrected chi connectivity index (χ0v) is 20.5. The lowest BCUT2D eigenvalue weighted by molar-refractivity contribution is -0.118. The molecule has 2 aromatic carbocycles. The molecule has 33 heavy (non-hydrogen) atoms. The van der Waals surface area contributed by atoms with Crippen LogP contribution >= 0.6 is 23.4 Å². The Morgan fingerprint density at radius 3 is 2.58 bits per heavy atom. The largest absolute Gasteiger partial charge is 0.299 e. The molecule has 1 heterocycles. The summed E-state index contributed by atoms with van der Waals surface area (Å²) in [7, 11) is 0. The molecule has 0 bridgehead atoms. The van der Waals surface area contributed by atoms with Gasteiger partial charge in [-0.3, -0.25) is 9.36 Å². The van der Waals surface area contributed by atoms with Crippen LogP contribution in [0.15, 0.2) is 58.8 Å². The van der Waals surface area contributed by atoms with E-state index in [9.17, 15) is 4.79 Å². The highest BCUT2D eigenvalue weighted by atomic mass is 35.5. The van der Waals surface area contributed by atoms with E-state index in [1.807, 2.05) is 25.1 Å². The molecule has 1 amide bonds. The number of benzene rings is 2. The van der Waals surface area contributed by atoms with E-state index in [1.165, 1.54) is 36.6 Å². The van der Waals surface area contributed by atoms with Crippen molar-refractivity contribution in [2.24, 2.45) is 5.10 Å². The van der Waals surface area contributed by atoms with Crippen molar-refractivity contribution < 1.29 is 4.79 Å². The first-order chi connectivity index (χ1) is 16.0. The quantitative estimate of drug-likeness (QED) is 0.253. The van der Waals surface area contributed by atoms with Crippen LogP contribution in [0.1, 0.15) is 56.2 Å². The monoisotopic (exact) mass is 481 g/mol. The first-order valence-corrected chi connectivity index (χ1v) is 12.6. The molecule has 0 radical (unpaired) electrons. The average Bonchev–Trinajstić information content (AvgIpc) is 3.26. The summed E-state index contributed by atoms with van der Waals surface area (Å²) in [6, 6.07) is 16.2. The Labute approximate surface area is 203 Å². The number of hydrogen-bond donors (Lipinski definition) is 1. The van der Waals surface area contributed by atoms with Crippen molar-refractivity contribution in [2.45, 2.75) is 57.1 Å². The van der Waals surface area contributed by atoms with Crippen LogP contribution in [0, 0.1) is 6.92 Å². The molecule has 172 valence electrons. The zero-order chi connectivity index (χ0) is 23.2. The Kier molecular flexibility index (Phi) is 7.83. The molecule has 0 aliphatic heterocycles. The van der Waals surface area contributed by atoms with Gasteiger partial charge >= 0.3 is 0 Å². The summed E-state index contributed by atoms with van der Waals surface area (Å²) < 4.78 is 2.24. The number of amides is 1. The van der Waals surface area contributed by atoms with Crippen LogP contribution in [-0.2, 0) is 4.79 Å². The third kappa shape index (κ3) is 5.84. The van der Waals surface area contributed by atoms with E-state index in [4.69, 9.17) is 11.6 Å². The van der Waals surface area contributed by atoms with Crippen molar-refractivity contribution in [3.8, 4) is 11.4 Å². The maximum atomic E-state index is 12.5. The summed E-state index contributed by atoms with van der Waals surface area (Å²) in [4.78, 5) is 12.5. The Bertz CT molecular complexity index is 1140. The Balaban J connectivity index is 1.48. The minimum absolute atomic E-state index is 0.193. The van der Waals surface area contributed by atoms with Gasteiger partial charge in [-0.25, -0.2) is 5.43 Å². The van der Waals surface area contributed by atoms with Crippen LogP contribution < -0.4 is 5.43 Å². The number of hydrazone groups is 1. The second-order valence-corrected chi connectivity index (χ2v) is 9.68. The molecule has 1 aliphatic carbocycles. The molecule has 6 nitrogen and oxygen atoms in total. The van der Waals surface area contributed by atoms with Crippen LogP contribution in [0.25, 0.3) is 11.4 Å². The number of halogens is 1. The van der Waals surface area contributed by atoms with Gasteiger partial charge in [0.05, 0.1) is 11.5 Å². The smallest absolute Gasteiger partial charge is 0.250 e. The Hall–Kier alpha value is -2.64. The molecule has 3 aromatic rings. The second-order valence-electron chi connectivity index (χ2n) is 8.33.